The van der Waals surface area contributed by atoms with Gasteiger partial charge in [-0.2, -0.15) is 10.4 Å². The van der Waals surface area contributed by atoms with Gasteiger partial charge in [0.05, 0.1) is 20.9 Å². The summed E-state index contributed by atoms with van der Waals surface area (Å²) in [7, 11) is 0. The third-order valence-electron chi connectivity index (χ3n) is 2.82. The van der Waals surface area contributed by atoms with Crippen LogP contribution in [0.5, 0.6) is 0 Å². The molecule has 7 heteroatoms. The molecule has 0 aliphatic heterocycles. The Morgan fingerprint density at radius 1 is 1.23 bits per heavy atom. The van der Waals surface area contributed by atoms with Crippen LogP contribution in [0.25, 0.3) is 10.2 Å². The van der Waals surface area contributed by atoms with Gasteiger partial charge in [-0.25, -0.2) is 4.98 Å². The van der Waals surface area contributed by atoms with Crippen molar-refractivity contribution in [1.82, 2.24) is 4.98 Å². The summed E-state index contributed by atoms with van der Waals surface area (Å²) in [5.41, 5.74) is 4.32. The molecule has 0 atom stereocenters. The van der Waals surface area contributed by atoms with Crippen LogP contribution in [-0.2, 0) is 0 Å². The molecular weight excluding hydrogens is 339 g/mol. The molecule has 3 aromatic rings. The number of para-hydroxylation sites is 1. The van der Waals surface area contributed by atoms with Gasteiger partial charge >= 0.3 is 0 Å². The predicted molar refractivity (Wildman–Crippen MR) is 91.9 cm³/mol. The molecule has 3 rings (SSSR count). The SMILES string of the molecule is N#CC(=NNc1cc(Cl)ccc1Cl)c1nc2ccccc2s1. The Bertz CT molecular complexity index is 878. The molecule has 22 heavy (non-hydrogen) atoms. The van der Waals surface area contributed by atoms with Gasteiger partial charge in [-0.3, -0.25) is 5.43 Å². The summed E-state index contributed by atoms with van der Waals surface area (Å²) in [6.07, 6.45) is 0. The van der Waals surface area contributed by atoms with Crippen molar-refractivity contribution in [2.24, 2.45) is 5.10 Å². The largest absolute Gasteiger partial charge is 0.276 e. The number of aromatic nitrogens is 1. The molecule has 0 saturated carbocycles. The number of hydrogen-bond acceptors (Lipinski definition) is 5. The van der Waals surface area contributed by atoms with E-state index in [4.69, 9.17) is 23.2 Å². The Morgan fingerprint density at radius 2 is 2.05 bits per heavy atom. The maximum absolute atomic E-state index is 9.29. The smallest absolute Gasteiger partial charge is 0.196 e. The quantitative estimate of drug-likeness (QED) is 0.539. The molecule has 1 aromatic heterocycles. The molecule has 0 aliphatic rings. The summed E-state index contributed by atoms with van der Waals surface area (Å²) in [5, 5.41) is 14.9. The number of thiazole rings is 1. The van der Waals surface area contributed by atoms with E-state index in [-0.39, 0.29) is 5.71 Å². The number of fused-ring (bicyclic) bond motifs is 1. The molecule has 0 spiro atoms. The van der Waals surface area contributed by atoms with Crippen molar-refractivity contribution in [3.05, 3.63) is 57.5 Å². The minimum absolute atomic E-state index is 0.192. The molecule has 108 valence electrons. The average molecular weight is 347 g/mol. The first-order valence-corrected chi connectivity index (χ1v) is 7.79. The van der Waals surface area contributed by atoms with Crippen LogP contribution in [0.1, 0.15) is 5.01 Å². The summed E-state index contributed by atoms with van der Waals surface area (Å²) < 4.78 is 1.00. The molecule has 0 bridgehead atoms. The number of halogens is 2. The molecule has 1 heterocycles. The second-order valence-electron chi connectivity index (χ2n) is 4.29. The van der Waals surface area contributed by atoms with E-state index in [0.29, 0.717) is 20.7 Å². The Labute approximate surface area is 140 Å². The van der Waals surface area contributed by atoms with Crippen molar-refractivity contribution in [3.63, 3.8) is 0 Å². The maximum atomic E-state index is 9.29. The van der Waals surface area contributed by atoms with E-state index in [1.165, 1.54) is 11.3 Å². The Balaban J connectivity index is 1.93. The molecule has 0 radical (unpaired) electrons. The van der Waals surface area contributed by atoms with Gasteiger partial charge in [0.25, 0.3) is 0 Å². The van der Waals surface area contributed by atoms with Crippen molar-refractivity contribution in [1.29, 1.82) is 5.26 Å². The van der Waals surface area contributed by atoms with Gasteiger partial charge in [0.2, 0.25) is 0 Å². The zero-order chi connectivity index (χ0) is 15.5. The lowest BCUT2D eigenvalue weighted by Crippen LogP contribution is -2.01. The molecule has 0 aliphatic carbocycles. The zero-order valence-corrected chi connectivity index (χ0v) is 13.4. The van der Waals surface area contributed by atoms with Crippen molar-refractivity contribution >= 4 is 56.2 Å². The van der Waals surface area contributed by atoms with Gasteiger partial charge in [0.15, 0.2) is 10.7 Å². The van der Waals surface area contributed by atoms with Crippen LogP contribution in [0, 0.1) is 11.3 Å². The van der Waals surface area contributed by atoms with Crippen LogP contribution in [0.4, 0.5) is 5.69 Å². The minimum Gasteiger partial charge on any atom is -0.276 e. The number of anilines is 1. The number of nitriles is 1. The van der Waals surface area contributed by atoms with Gasteiger partial charge in [0.1, 0.15) is 6.07 Å². The first-order chi connectivity index (χ1) is 10.7. The molecule has 0 amide bonds. The second-order valence-corrected chi connectivity index (χ2v) is 6.17. The fourth-order valence-electron chi connectivity index (χ4n) is 1.79. The zero-order valence-electron chi connectivity index (χ0n) is 11.0. The normalized spacial score (nSPS) is 11.4. The summed E-state index contributed by atoms with van der Waals surface area (Å²) in [6, 6.07) is 14.7. The third-order valence-corrected chi connectivity index (χ3v) is 4.43. The van der Waals surface area contributed by atoms with E-state index in [1.807, 2.05) is 30.3 Å². The summed E-state index contributed by atoms with van der Waals surface area (Å²) in [5.74, 6) is 0. The van der Waals surface area contributed by atoms with Crippen molar-refractivity contribution < 1.29 is 0 Å². The molecule has 0 unspecified atom stereocenters. The second kappa shape index (κ2) is 6.32. The summed E-state index contributed by atoms with van der Waals surface area (Å²) in [6.45, 7) is 0. The van der Waals surface area contributed by atoms with Crippen LogP contribution < -0.4 is 5.43 Å². The van der Waals surface area contributed by atoms with Crippen molar-refractivity contribution in [2.45, 2.75) is 0 Å². The molecule has 4 nitrogen and oxygen atoms in total. The topological polar surface area (TPSA) is 61.1 Å². The first kappa shape index (κ1) is 14.8. The fourth-order valence-corrected chi connectivity index (χ4v) is 3.03. The average Bonchev–Trinajstić information content (AvgIpc) is 2.95. The van der Waals surface area contributed by atoms with Crippen molar-refractivity contribution in [2.75, 3.05) is 5.43 Å². The standard InChI is InChI=1S/C15H8Cl2N4S/c16-9-5-6-10(17)12(7-9)20-21-13(8-18)15-19-11-3-1-2-4-14(11)22-15/h1-7,20H. The Hall–Kier alpha value is -2.13. The Morgan fingerprint density at radius 3 is 2.82 bits per heavy atom. The van der Waals surface area contributed by atoms with Crippen LogP contribution in [-0.4, -0.2) is 10.7 Å². The van der Waals surface area contributed by atoms with Gasteiger partial charge in [0, 0.05) is 5.02 Å². The number of rotatable bonds is 3. The van der Waals surface area contributed by atoms with E-state index in [9.17, 15) is 5.26 Å². The third kappa shape index (κ3) is 3.04. The highest BCUT2D eigenvalue weighted by Gasteiger charge is 2.10. The molecular formula is C15H8Cl2N4S. The van der Waals surface area contributed by atoms with Crippen LogP contribution >= 0.6 is 34.5 Å². The van der Waals surface area contributed by atoms with Crippen LogP contribution in [0.2, 0.25) is 10.0 Å². The fraction of sp³-hybridized carbons (Fsp3) is 0. The van der Waals surface area contributed by atoms with Gasteiger partial charge < -0.3 is 0 Å². The highest BCUT2D eigenvalue weighted by molar-refractivity contribution is 7.20. The highest BCUT2D eigenvalue weighted by Crippen LogP contribution is 2.26. The minimum atomic E-state index is 0.192. The summed E-state index contributed by atoms with van der Waals surface area (Å²) in [4.78, 5) is 4.40. The van der Waals surface area contributed by atoms with Gasteiger partial charge in [-0.05, 0) is 30.3 Å². The molecule has 0 fully saturated rings. The number of hydrogen-bond donors (Lipinski definition) is 1. The van der Waals surface area contributed by atoms with Gasteiger partial charge in [-0.15, -0.1) is 11.3 Å². The number of nitrogens with one attached hydrogen (secondary N) is 1. The lowest BCUT2D eigenvalue weighted by atomic mass is 10.3. The van der Waals surface area contributed by atoms with E-state index >= 15 is 0 Å². The first-order valence-electron chi connectivity index (χ1n) is 6.22. The number of hydrazone groups is 1. The van der Waals surface area contributed by atoms with Gasteiger partial charge in [-0.1, -0.05) is 35.3 Å². The van der Waals surface area contributed by atoms with Crippen LogP contribution in [0.15, 0.2) is 47.6 Å². The Kier molecular flexibility index (Phi) is 4.25. The molecule has 0 saturated heterocycles. The lowest BCUT2D eigenvalue weighted by molar-refractivity contribution is 1.32. The van der Waals surface area contributed by atoms with E-state index in [0.717, 1.165) is 10.2 Å². The van der Waals surface area contributed by atoms with Crippen molar-refractivity contribution in [3.8, 4) is 6.07 Å². The predicted octanol–water partition coefficient (Wildman–Crippen LogP) is 4.94. The highest BCUT2D eigenvalue weighted by atomic mass is 35.5. The number of benzene rings is 2. The monoisotopic (exact) mass is 346 g/mol. The number of nitrogens with zero attached hydrogens (tertiary/aromatic N) is 3. The van der Waals surface area contributed by atoms with E-state index in [2.05, 4.69) is 15.5 Å². The van der Waals surface area contributed by atoms with E-state index in [1.54, 1.807) is 18.2 Å². The van der Waals surface area contributed by atoms with Crippen LogP contribution in [0.3, 0.4) is 0 Å². The lowest BCUT2D eigenvalue weighted by Gasteiger charge is -2.03. The molecule has 2 aromatic carbocycles. The molecule has 1 N–H and O–H groups in total. The maximum Gasteiger partial charge on any atom is 0.196 e. The summed E-state index contributed by atoms with van der Waals surface area (Å²) >= 11 is 13.4. The van der Waals surface area contributed by atoms with E-state index < -0.39 is 0 Å².